The lowest BCUT2D eigenvalue weighted by atomic mass is 9.92. The van der Waals surface area contributed by atoms with E-state index in [-0.39, 0.29) is 0 Å². The summed E-state index contributed by atoms with van der Waals surface area (Å²) in [6.45, 7) is 9.18. The molecule has 1 saturated carbocycles. The molecule has 1 fully saturated rings. The number of aromatic hydroxyl groups is 1. The first kappa shape index (κ1) is 13.3. The molecular formula is C15H23NOSi. The maximum atomic E-state index is 9.94. The monoisotopic (exact) mass is 261 g/mol. The summed E-state index contributed by atoms with van der Waals surface area (Å²) >= 11 is 0. The number of rotatable bonds is 3. The smallest absolute Gasteiger partial charge is 0.127 e. The van der Waals surface area contributed by atoms with Gasteiger partial charge < -0.3 is 5.11 Å². The van der Waals surface area contributed by atoms with Gasteiger partial charge >= 0.3 is 0 Å². The van der Waals surface area contributed by atoms with Crippen molar-refractivity contribution in [3.05, 3.63) is 29.3 Å². The fourth-order valence-corrected chi connectivity index (χ4v) is 5.07. The Morgan fingerprint density at radius 3 is 2.56 bits per heavy atom. The largest absolute Gasteiger partial charge is 0.507 e. The van der Waals surface area contributed by atoms with Gasteiger partial charge in [0.1, 0.15) is 5.75 Å². The lowest BCUT2D eigenvalue weighted by Gasteiger charge is -2.42. The zero-order valence-corrected chi connectivity index (χ0v) is 12.8. The Balaban J connectivity index is 2.10. The summed E-state index contributed by atoms with van der Waals surface area (Å²) in [5.74, 6) is 0.366. The van der Waals surface area contributed by atoms with Gasteiger partial charge in [-0.25, -0.2) is 0 Å². The van der Waals surface area contributed by atoms with Crippen molar-refractivity contribution in [1.82, 2.24) is 0 Å². The molecule has 0 saturated heterocycles. The van der Waals surface area contributed by atoms with E-state index >= 15 is 0 Å². The van der Waals surface area contributed by atoms with Crippen LogP contribution in [0.4, 0.5) is 0 Å². The van der Waals surface area contributed by atoms with Crippen LogP contribution in [-0.4, -0.2) is 25.4 Å². The number of phenols is 1. The van der Waals surface area contributed by atoms with Crippen LogP contribution in [0, 0.1) is 6.92 Å². The van der Waals surface area contributed by atoms with Crippen molar-refractivity contribution in [2.75, 3.05) is 0 Å². The Bertz CT molecular complexity index is 462. The Kier molecular flexibility index (Phi) is 3.62. The van der Waals surface area contributed by atoms with Crippen molar-refractivity contribution in [3.8, 4) is 5.75 Å². The predicted octanol–water partition coefficient (Wildman–Crippen LogP) is 3.99. The van der Waals surface area contributed by atoms with E-state index in [1.165, 1.54) is 12.8 Å². The Morgan fingerprint density at radius 1 is 1.28 bits per heavy atom. The molecule has 0 heterocycles. The van der Waals surface area contributed by atoms with Crippen molar-refractivity contribution in [2.24, 2.45) is 4.99 Å². The Hall–Kier alpha value is -1.09. The molecule has 18 heavy (non-hydrogen) atoms. The van der Waals surface area contributed by atoms with E-state index in [4.69, 9.17) is 4.99 Å². The van der Waals surface area contributed by atoms with Gasteiger partial charge in [-0.3, -0.25) is 4.99 Å². The number of hydrogen-bond acceptors (Lipinski definition) is 2. The summed E-state index contributed by atoms with van der Waals surface area (Å²) in [5, 5.41) is 9.94. The molecule has 1 aromatic carbocycles. The molecule has 2 nitrogen and oxygen atoms in total. The van der Waals surface area contributed by atoms with Crippen LogP contribution in [0.1, 0.15) is 24.0 Å². The second-order valence-corrected chi connectivity index (χ2v) is 11.9. The fraction of sp³-hybridized carbons (Fsp3) is 0.533. The van der Waals surface area contributed by atoms with E-state index in [9.17, 15) is 5.11 Å². The molecular weight excluding hydrogens is 238 g/mol. The number of aryl methyl sites for hydroxylation is 1. The fourth-order valence-electron chi connectivity index (χ4n) is 2.63. The van der Waals surface area contributed by atoms with Crippen molar-refractivity contribution in [1.29, 1.82) is 0 Å². The standard InChI is InChI=1S/C15H23NOSi/c1-11-6-5-7-12(15(11)17)10-16-13-8-9-14(13)18(2,3)4/h5-7,10,13-14,17H,8-9H2,1-4H3. The van der Waals surface area contributed by atoms with E-state index in [1.54, 1.807) is 0 Å². The molecule has 1 aliphatic rings. The summed E-state index contributed by atoms with van der Waals surface area (Å²) in [5.41, 5.74) is 2.56. The molecule has 2 atom stereocenters. The minimum absolute atomic E-state index is 0.366. The first-order valence-electron chi connectivity index (χ1n) is 6.71. The third-order valence-corrected chi connectivity index (χ3v) is 6.92. The molecule has 2 unspecified atom stereocenters. The maximum absolute atomic E-state index is 9.94. The molecule has 1 aromatic rings. The van der Waals surface area contributed by atoms with Gasteiger partial charge in [-0.1, -0.05) is 31.8 Å². The van der Waals surface area contributed by atoms with Crippen molar-refractivity contribution in [3.63, 3.8) is 0 Å². The minimum atomic E-state index is -1.08. The quantitative estimate of drug-likeness (QED) is 0.647. The minimum Gasteiger partial charge on any atom is -0.507 e. The third-order valence-electron chi connectivity index (χ3n) is 4.02. The highest BCUT2D eigenvalue weighted by Gasteiger charge is 2.39. The zero-order valence-electron chi connectivity index (χ0n) is 11.8. The van der Waals surface area contributed by atoms with Crippen LogP contribution in [0.2, 0.25) is 25.2 Å². The lowest BCUT2D eigenvalue weighted by Crippen LogP contribution is -2.42. The Labute approximate surface area is 111 Å². The highest BCUT2D eigenvalue weighted by Crippen LogP contribution is 2.43. The van der Waals surface area contributed by atoms with Crippen LogP contribution in [0.15, 0.2) is 23.2 Å². The SMILES string of the molecule is Cc1cccc(C=NC2CCC2[Si](C)(C)C)c1O. The molecule has 0 radical (unpaired) electrons. The van der Waals surface area contributed by atoms with Crippen molar-refractivity contribution < 1.29 is 5.11 Å². The summed E-state index contributed by atoms with van der Waals surface area (Å²) in [6.07, 6.45) is 4.40. The highest BCUT2D eigenvalue weighted by atomic mass is 28.3. The molecule has 1 N–H and O–H groups in total. The van der Waals surface area contributed by atoms with Crippen molar-refractivity contribution in [2.45, 2.75) is 51.0 Å². The highest BCUT2D eigenvalue weighted by molar-refractivity contribution is 6.77. The second kappa shape index (κ2) is 4.88. The number of benzene rings is 1. The average Bonchev–Trinajstić information content (AvgIpc) is 2.20. The summed E-state index contributed by atoms with van der Waals surface area (Å²) in [7, 11) is -1.08. The Morgan fingerprint density at radius 2 is 2.00 bits per heavy atom. The van der Waals surface area contributed by atoms with Crippen molar-refractivity contribution >= 4 is 14.3 Å². The van der Waals surface area contributed by atoms with Crippen LogP contribution < -0.4 is 0 Å². The van der Waals surface area contributed by atoms with Gasteiger partial charge in [0.2, 0.25) is 0 Å². The van der Waals surface area contributed by atoms with E-state index in [1.807, 2.05) is 31.3 Å². The van der Waals surface area contributed by atoms with Gasteiger partial charge in [-0.15, -0.1) is 0 Å². The van der Waals surface area contributed by atoms with Gasteiger partial charge in [-0.2, -0.15) is 0 Å². The molecule has 0 bridgehead atoms. The van der Waals surface area contributed by atoms with Crippen LogP contribution >= 0.6 is 0 Å². The summed E-state index contributed by atoms with van der Waals surface area (Å²) in [6, 6.07) is 6.29. The molecule has 0 spiro atoms. The number of hydrogen-bond donors (Lipinski definition) is 1. The average molecular weight is 261 g/mol. The second-order valence-electron chi connectivity index (χ2n) is 6.41. The number of para-hydroxylation sites is 1. The van der Waals surface area contributed by atoms with Crippen LogP contribution in [0.25, 0.3) is 0 Å². The molecule has 2 rings (SSSR count). The van der Waals surface area contributed by atoms with Gasteiger partial charge in [0, 0.05) is 19.9 Å². The summed E-state index contributed by atoms with van der Waals surface area (Å²) in [4.78, 5) is 4.70. The topological polar surface area (TPSA) is 32.6 Å². The van der Waals surface area contributed by atoms with Gasteiger partial charge in [-0.05, 0) is 36.9 Å². The van der Waals surface area contributed by atoms with E-state index in [0.29, 0.717) is 11.8 Å². The molecule has 1 aliphatic carbocycles. The number of nitrogens with zero attached hydrogens (tertiary/aromatic N) is 1. The number of aliphatic imine (C=N–C) groups is 1. The van der Waals surface area contributed by atoms with E-state index < -0.39 is 8.07 Å². The first-order valence-corrected chi connectivity index (χ1v) is 10.3. The van der Waals surface area contributed by atoms with Crippen LogP contribution in [0.5, 0.6) is 5.75 Å². The van der Waals surface area contributed by atoms with E-state index in [2.05, 4.69) is 19.6 Å². The molecule has 0 aromatic heterocycles. The first-order chi connectivity index (χ1) is 8.39. The normalized spacial score (nSPS) is 24.2. The maximum Gasteiger partial charge on any atom is 0.127 e. The van der Waals surface area contributed by atoms with E-state index in [0.717, 1.165) is 16.7 Å². The molecule has 3 heteroatoms. The van der Waals surface area contributed by atoms with Gasteiger partial charge in [0.15, 0.2) is 0 Å². The number of phenolic OH excluding ortho intramolecular Hbond substituents is 1. The summed E-state index contributed by atoms with van der Waals surface area (Å²) < 4.78 is 0. The van der Waals surface area contributed by atoms with Gasteiger partial charge in [0.05, 0.1) is 6.04 Å². The third kappa shape index (κ3) is 2.66. The molecule has 98 valence electrons. The van der Waals surface area contributed by atoms with Crippen LogP contribution in [0.3, 0.4) is 0 Å². The lowest BCUT2D eigenvalue weighted by molar-refractivity contribution is 0.408. The predicted molar refractivity (Wildman–Crippen MR) is 80.6 cm³/mol. The zero-order chi connectivity index (χ0) is 13.3. The van der Waals surface area contributed by atoms with Crippen LogP contribution in [-0.2, 0) is 0 Å². The molecule has 0 amide bonds. The van der Waals surface area contributed by atoms with Gasteiger partial charge in [0.25, 0.3) is 0 Å². The molecule has 0 aliphatic heterocycles.